The number of aromatic nitrogens is 4. The van der Waals surface area contributed by atoms with E-state index < -0.39 is 5.97 Å². The van der Waals surface area contributed by atoms with E-state index in [9.17, 15) is 4.79 Å². The normalized spacial score (nSPS) is 9.39. The first-order valence-electron chi connectivity index (χ1n) is 4.91. The number of aromatic amines is 1. The molecule has 2 aromatic heterocycles. The molecule has 0 aliphatic heterocycles. The van der Waals surface area contributed by atoms with E-state index in [0.717, 1.165) is 0 Å². The van der Waals surface area contributed by atoms with Gasteiger partial charge in [0.25, 0.3) is 5.88 Å². The fraction of sp³-hybridized carbons (Fsp3) is 0.0909. The largest absolute Gasteiger partial charge is 0.476 e. The molecule has 0 saturated heterocycles. The summed E-state index contributed by atoms with van der Waals surface area (Å²) >= 11 is 0. The van der Waals surface area contributed by atoms with Gasteiger partial charge in [0, 0.05) is 0 Å². The van der Waals surface area contributed by atoms with Crippen LogP contribution in [0.15, 0.2) is 18.3 Å². The monoisotopic (exact) mass is 244 g/mol. The number of nitrogens with zero attached hydrogens (tertiary/aromatic N) is 3. The van der Waals surface area contributed by atoms with Gasteiger partial charge in [-0.25, -0.2) is 14.9 Å². The molecule has 0 fully saturated rings. The van der Waals surface area contributed by atoms with Crippen LogP contribution in [0.4, 0.5) is 0 Å². The van der Waals surface area contributed by atoms with Crippen molar-refractivity contribution in [2.24, 2.45) is 0 Å². The van der Waals surface area contributed by atoms with E-state index in [2.05, 4.69) is 32.2 Å². The van der Waals surface area contributed by atoms with E-state index in [1.807, 2.05) is 0 Å². The molecule has 0 bridgehead atoms. The molecule has 0 radical (unpaired) electrons. The number of ether oxygens (including phenoxy) is 1. The minimum Gasteiger partial charge on any atom is -0.476 e. The van der Waals surface area contributed by atoms with E-state index in [4.69, 9.17) is 9.84 Å². The van der Waals surface area contributed by atoms with Crippen molar-refractivity contribution < 1.29 is 14.6 Å². The first kappa shape index (κ1) is 11.6. The van der Waals surface area contributed by atoms with Gasteiger partial charge in [0.05, 0.1) is 6.20 Å². The summed E-state index contributed by atoms with van der Waals surface area (Å²) in [4.78, 5) is 14.8. The summed E-state index contributed by atoms with van der Waals surface area (Å²) in [6, 6.07) is 3.29. The number of H-pyrrole nitrogens is 1. The van der Waals surface area contributed by atoms with Crippen LogP contribution < -0.4 is 4.74 Å². The molecule has 2 rings (SSSR count). The van der Waals surface area contributed by atoms with Crippen molar-refractivity contribution in [3.8, 4) is 23.5 Å². The number of carboxylic acids is 1. The quantitative estimate of drug-likeness (QED) is 0.783. The fourth-order valence-electron chi connectivity index (χ4n) is 1.19. The molecular formula is C11H8N4O3. The van der Waals surface area contributed by atoms with Crippen molar-refractivity contribution in [3.05, 3.63) is 29.7 Å². The smallest absolute Gasteiger partial charge is 0.362 e. The highest BCUT2D eigenvalue weighted by Crippen LogP contribution is 2.20. The summed E-state index contributed by atoms with van der Waals surface area (Å²) in [5.74, 6) is 4.60. The van der Waals surface area contributed by atoms with Crippen molar-refractivity contribution in [1.82, 2.24) is 20.4 Å². The van der Waals surface area contributed by atoms with E-state index in [-0.39, 0.29) is 11.6 Å². The molecule has 0 aliphatic carbocycles. The summed E-state index contributed by atoms with van der Waals surface area (Å²) in [5.41, 5.74) is 0.318. The zero-order valence-corrected chi connectivity index (χ0v) is 9.34. The SMILES string of the molecule is CC#Cc1ccc(Oc2[nH]nnc2C(=O)O)cn1. The molecule has 0 spiro atoms. The summed E-state index contributed by atoms with van der Waals surface area (Å²) in [6.07, 6.45) is 1.44. The molecule has 7 nitrogen and oxygen atoms in total. The summed E-state index contributed by atoms with van der Waals surface area (Å²) in [7, 11) is 0. The van der Waals surface area contributed by atoms with Crippen molar-refractivity contribution in [2.75, 3.05) is 0 Å². The Morgan fingerprint density at radius 1 is 1.50 bits per heavy atom. The van der Waals surface area contributed by atoms with Gasteiger partial charge in [-0.05, 0) is 25.0 Å². The van der Waals surface area contributed by atoms with Gasteiger partial charge in [0.2, 0.25) is 5.69 Å². The lowest BCUT2D eigenvalue weighted by Crippen LogP contribution is -1.99. The second kappa shape index (κ2) is 4.97. The van der Waals surface area contributed by atoms with Crippen LogP contribution >= 0.6 is 0 Å². The fourth-order valence-corrected chi connectivity index (χ4v) is 1.19. The molecule has 18 heavy (non-hydrogen) atoms. The van der Waals surface area contributed by atoms with Gasteiger partial charge in [-0.1, -0.05) is 11.1 Å². The van der Waals surface area contributed by atoms with Crippen molar-refractivity contribution >= 4 is 5.97 Å². The topological polar surface area (TPSA) is 101 Å². The van der Waals surface area contributed by atoms with E-state index in [1.54, 1.807) is 19.1 Å². The van der Waals surface area contributed by atoms with Gasteiger partial charge in [-0.15, -0.1) is 5.10 Å². The molecule has 90 valence electrons. The van der Waals surface area contributed by atoms with Crippen molar-refractivity contribution in [3.63, 3.8) is 0 Å². The number of carbonyl (C=O) groups is 1. The second-order valence-corrected chi connectivity index (χ2v) is 3.15. The number of pyridine rings is 1. The lowest BCUT2D eigenvalue weighted by molar-refractivity contribution is 0.0687. The molecular weight excluding hydrogens is 236 g/mol. The Kier molecular flexibility index (Phi) is 3.20. The van der Waals surface area contributed by atoms with Gasteiger partial charge < -0.3 is 9.84 Å². The number of nitrogens with one attached hydrogen (secondary N) is 1. The third kappa shape index (κ3) is 2.44. The predicted molar refractivity (Wildman–Crippen MR) is 60.2 cm³/mol. The molecule has 0 aromatic carbocycles. The summed E-state index contributed by atoms with van der Waals surface area (Å²) in [6.45, 7) is 1.71. The van der Waals surface area contributed by atoms with Crippen LogP contribution in [0.25, 0.3) is 0 Å². The van der Waals surface area contributed by atoms with Gasteiger partial charge in [0.1, 0.15) is 11.4 Å². The molecule has 0 saturated carbocycles. The molecule has 2 aromatic rings. The van der Waals surface area contributed by atoms with E-state index in [1.165, 1.54) is 6.20 Å². The van der Waals surface area contributed by atoms with Gasteiger partial charge >= 0.3 is 5.97 Å². The number of hydrogen-bond donors (Lipinski definition) is 2. The Bertz CT molecular complexity index is 622. The van der Waals surface area contributed by atoms with E-state index >= 15 is 0 Å². The molecule has 0 unspecified atom stereocenters. The lowest BCUT2D eigenvalue weighted by Gasteiger charge is -2.02. The molecule has 7 heteroatoms. The Hall–Kier alpha value is -2.88. The van der Waals surface area contributed by atoms with E-state index in [0.29, 0.717) is 11.4 Å². The maximum atomic E-state index is 10.8. The highest BCUT2D eigenvalue weighted by molar-refractivity contribution is 5.87. The minimum atomic E-state index is -1.22. The third-order valence-corrected chi connectivity index (χ3v) is 1.93. The molecule has 0 amide bonds. The van der Waals surface area contributed by atoms with Crippen LogP contribution in [0.3, 0.4) is 0 Å². The van der Waals surface area contributed by atoms with Gasteiger partial charge in [-0.3, -0.25) is 0 Å². The van der Waals surface area contributed by atoms with Crippen LogP contribution in [-0.2, 0) is 0 Å². The second-order valence-electron chi connectivity index (χ2n) is 3.15. The number of hydrogen-bond acceptors (Lipinski definition) is 5. The van der Waals surface area contributed by atoms with Crippen LogP contribution in [0.5, 0.6) is 11.6 Å². The Morgan fingerprint density at radius 2 is 2.33 bits per heavy atom. The maximum Gasteiger partial charge on any atom is 0.362 e. The summed E-state index contributed by atoms with van der Waals surface area (Å²) < 4.78 is 5.27. The predicted octanol–water partition coefficient (Wildman–Crippen LogP) is 1.06. The van der Waals surface area contributed by atoms with Crippen LogP contribution in [0, 0.1) is 11.8 Å². The van der Waals surface area contributed by atoms with Crippen LogP contribution in [0.2, 0.25) is 0 Å². The van der Waals surface area contributed by atoms with Crippen molar-refractivity contribution in [2.45, 2.75) is 6.92 Å². The Morgan fingerprint density at radius 3 is 2.94 bits per heavy atom. The first-order valence-corrected chi connectivity index (χ1v) is 4.91. The average molecular weight is 244 g/mol. The highest BCUT2D eigenvalue weighted by Gasteiger charge is 2.16. The summed E-state index contributed by atoms with van der Waals surface area (Å²) in [5, 5.41) is 17.9. The van der Waals surface area contributed by atoms with Crippen LogP contribution in [-0.4, -0.2) is 31.5 Å². The Balaban J connectivity index is 2.20. The average Bonchev–Trinajstić information content (AvgIpc) is 2.80. The Labute approximate surface area is 102 Å². The zero-order chi connectivity index (χ0) is 13.0. The molecule has 0 aliphatic rings. The third-order valence-electron chi connectivity index (χ3n) is 1.93. The first-order chi connectivity index (χ1) is 8.70. The number of aromatic carboxylic acids is 1. The zero-order valence-electron chi connectivity index (χ0n) is 9.34. The van der Waals surface area contributed by atoms with Crippen LogP contribution in [0.1, 0.15) is 23.1 Å². The lowest BCUT2D eigenvalue weighted by atomic mass is 10.3. The molecule has 2 heterocycles. The maximum absolute atomic E-state index is 10.8. The van der Waals surface area contributed by atoms with Gasteiger partial charge in [0.15, 0.2) is 0 Å². The van der Waals surface area contributed by atoms with Gasteiger partial charge in [-0.2, -0.15) is 0 Å². The highest BCUT2D eigenvalue weighted by atomic mass is 16.5. The minimum absolute atomic E-state index is 0.0429. The standard InChI is InChI=1S/C11H8N4O3/c1-2-3-7-4-5-8(6-12-7)18-10-9(11(16)17)13-15-14-10/h4-6H,1H3,(H,16,17)(H,13,14,15). The molecule has 0 atom stereocenters. The number of carboxylic acid groups (broad SMARTS) is 1. The number of rotatable bonds is 3. The van der Waals surface area contributed by atoms with Crippen molar-refractivity contribution in [1.29, 1.82) is 0 Å². The molecule has 2 N–H and O–H groups in total.